The molecule has 0 unspecified atom stereocenters. The highest BCUT2D eigenvalue weighted by atomic mass is 16.2. The van der Waals surface area contributed by atoms with E-state index in [0.717, 1.165) is 6.42 Å². The van der Waals surface area contributed by atoms with Crippen molar-refractivity contribution in [3.8, 4) is 0 Å². The molecule has 2 rings (SSSR count). The maximum atomic E-state index is 12.2. The Kier molecular flexibility index (Phi) is 4.96. The molecule has 0 saturated carbocycles. The highest BCUT2D eigenvalue weighted by molar-refractivity contribution is 6.04. The van der Waals surface area contributed by atoms with E-state index in [1.165, 1.54) is 16.0 Å². The summed E-state index contributed by atoms with van der Waals surface area (Å²) >= 11 is 0. The second kappa shape index (κ2) is 6.72. The maximum Gasteiger partial charge on any atom is 0.325 e. The average molecular weight is 289 g/mol. The summed E-state index contributed by atoms with van der Waals surface area (Å²) in [6.45, 7) is 5.08. The molecule has 0 bridgehead atoms. The zero-order valence-electron chi connectivity index (χ0n) is 12.9. The molecule has 114 valence electrons. The summed E-state index contributed by atoms with van der Waals surface area (Å²) in [7, 11) is 1.91. The zero-order chi connectivity index (χ0) is 15.4. The quantitative estimate of drug-likeness (QED) is 0.816. The van der Waals surface area contributed by atoms with Crippen LogP contribution in [0.4, 0.5) is 4.79 Å². The Bertz CT molecular complexity index is 513. The van der Waals surface area contributed by atoms with Crippen LogP contribution in [0.2, 0.25) is 0 Å². The molecule has 1 atom stereocenters. The van der Waals surface area contributed by atoms with Crippen molar-refractivity contribution in [2.45, 2.75) is 39.3 Å². The minimum absolute atomic E-state index is 0.113. The number of imide groups is 1. The van der Waals surface area contributed by atoms with E-state index in [1.807, 2.05) is 18.9 Å². The van der Waals surface area contributed by atoms with Gasteiger partial charge in [0.1, 0.15) is 6.04 Å². The van der Waals surface area contributed by atoms with Crippen molar-refractivity contribution in [3.05, 3.63) is 35.4 Å². The van der Waals surface area contributed by atoms with Gasteiger partial charge in [0.15, 0.2) is 0 Å². The second-order valence-electron chi connectivity index (χ2n) is 5.70. The number of aryl methyl sites for hydroxylation is 1. The van der Waals surface area contributed by atoms with Gasteiger partial charge in [-0.15, -0.1) is 0 Å². The number of hydrogen-bond acceptors (Lipinski definition) is 3. The van der Waals surface area contributed by atoms with Crippen molar-refractivity contribution in [1.29, 1.82) is 0 Å². The molecule has 1 saturated heterocycles. The molecule has 1 aromatic rings. The molecule has 1 aliphatic rings. The highest BCUT2D eigenvalue weighted by Crippen LogP contribution is 2.13. The van der Waals surface area contributed by atoms with E-state index in [9.17, 15) is 9.59 Å². The van der Waals surface area contributed by atoms with Crippen LogP contribution in [0.25, 0.3) is 0 Å². The minimum Gasteiger partial charge on any atom is -0.326 e. The predicted molar refractivity (Wildman–Crippen MR) is 81.6 cm³/mol. The van der Waals surface area contributed by atoms with Gasteiger partial charge in [0.25, 0.3) is 5.91 Å². The normalized spacial score (nSPS) is 18.5. The molecule has 0 aromatic heterocycles. The monoisotopic (exact) mass is 289 g/mol. The lowest BCUT2D eigenvalue weighted by atomic mass is 10.1. The van der Waals surface area contributed by atoms with Crippen molar-refractivity contribution < 1.29 is 9.59 Å². The topological polar surface area (TPSA) is 52.7 Å². The van der Waals surface area contributed by atoms with Gasteiger partial charge < -0.3 is 5.32 Å². The molecule has 1 N–H and O–H groups in total. The maximum absolute atomic E-state index is 12.2. The number of nitrogens with zero attached hydrogens (tertiary/aromatic N) is 2. The van der Waals surface area contributed by atoms with E-state index in [2.05, 4.69) is 36.5 Å². The molecular weight excluding hydrogens is 266 g/mol. The van der Waals surface area contributed by atoms with Crippen LogP contribution in [-0.4, -0.2) is 41.5 Å². The number of carbonyl (C=O) groups is 2. The van der Waals surface area contributed by atoms with Crippen LogP contribution in [0.1, 0.15) is 30.9 Å². The molecule has 1 aliphatic heterocycles. The van der Waals surface area contributed by atoms with Gasteiger partial charge in [0, 0.05) is 6.54 Å². The molecule has 1 aromatic carbocycles. The zero-order valence-corrected chi connectivity index (χ0v) is 12.9. The molecule has 0 spiro atoms. The average Bonchev–Trinajstić information content (AvgIpc) is 2.70. The molecule has 5 heteroatoms. The van der Waals surface area contributed by atoms with Crippen molar-refractivity contribution in [2.75, 3.05) is 13.7 Å². The van der Waals surface area contributed by atoms with Crippen molar-refractivity contribution >= 4 is 11.9 Å². The fourth-order valence-corrected chi connectivity index (χ4v) is 2.49. The Hall–Kier alpha value is -1.88. The first-order valence-electron chi connectivity index (χ1n) is 7.37. The van der Waals surface area contributed by atoms with Crippen LogP contribution in [0.15, 0.2) is 24.3 Å². The van der Waals surface area contributed by atoms with Crippen LogP contribution in [-0.2, 0) is 11.3 Å². The highest BCUT2D eigenvalue weighted by Gasteiger charge is 2.37. The SMILES string of the molecule is CCC[C@H]1NC(=O)N(CN(C)Cc2ccc(C)cc2)C1=O. The number of nitrogens with one attached hydrogen (secondary N) is 1. The van der Waals surface area contributed by atoms with Gasteiger partial charge in [0.2, 0.25) is 0 Å². The largest absolute Gasteiger partial charge is 0.326 e. The second-order valence-corrected chi connectivity index (χ2v) is 5.70. The van der Waals surface area contributed by atoms with Gasteiger partial charge in [0.05, 0.1) is 6.67 Å². The Balaban J connectivity index is 1.93. The standard InChI is InChI=1S/C16H23N3O2/c1-4-5-14-15(20)19(16(21)17-14)11-18(3)10-13-8-6-12(2)7-9-13/h6-9,14H,4-5,10-11H2,1-3H3,(H,17,21)/t14-/m1/s1. The van der Waals surface area contributed by atoms with Gasteiger partial charge in [-0.3, -0.25) is 9.69 Å². The molecule has 3 amide bonds. The van der Waals surface area contributed by atoms with E-state index in [1.54, 1.807) is 0 Å². The summed E-state index contributed by atoms with van der Waals surface area (Å²) in [4.78, 5) is 27.3. The van der Waals surface area contributed by atoms with Crippen molar-refractivity contribution in [2.24, 2.45) is 0 Å². The third-order valence-electron chi connectivity index (χ3n) is 3.64. The fraction of sp³-hybridized carbons (Fsp3) is 0.500. The summed E-state index contributed by atoms with van der Waals surface area (Å²) in [6.07, 6.45) is 1.58. The molecule has 0 aliphatic carbocycles. The van der Waals surface area contributed by atoms with Crippen LogP contribution in [0.3, 0.4) is 0 Å². The minimum atomic E-state index is -0.352. The first kappa shape index (κ1) is 15.5. The lowest BCUT2D eigenvalue weighted by Gasteiger charge is -2.22. The molecule has 0 radical (unpaired) electrons. The van der Waals surface area contributed by atoms with Crippen LogP contribution < -0.4 is 5.32 Å². The van der Waals surface area contributed by atoms with Crippen LogP contribution in [0, 0.1) is 6.92 Å². The number of amides is 3. The van der Waals surface area contributed by atoms with Crippen LogP contribution >= 0.6 is 0 Å². The lowest BCUT2D eigenvalue weighted by Crippen LogP contribution is -2.40. The van der Waals surface area contributed by atoms with E-state index in [4.69, 9.17) is 0 Å². The third kappa shape index (κ3) is 3.82. The van der Waals surface area contributed by atoms with Crippen molar-refractivity contribution in [1.82, 2.24) is 15.1 Å². The predicted octanol–water partition coefficient (Wildman–Crippen LogP) is 2.10. The van der Waals surface area contributed by atoms with E-state index in [0.29, 0.717) is 19.6 Å². The summed E-state index contributed by atoms with van der Waals surface area (Å²) < 4.78 is 0. The Morgan fingerprint density at radius 2 is 1.90 bits per heavy atom. The molecule has 1 fully saturated rings. The summed E-state index contributed by atoms with van der Waals surface area (Å²) in [5, 5.41) is 2.74. The summed E-state index contributed by atoms with van der Waals surface area (Å²) in [5.41, 5.74) is 2.39. The number of hydrogen-bond donors (Lipinski definition) is 1. The molecule has 1 heterocycles. The third-order valence-corrected chi connectivity index (χ3v) is 3.64. The number of rotatable bonds is 6. The summed E-state index contributed by atoms with van der Waals surface area (Å²) in [6, 6.07) is 7.63. The number of urea groups is 1. The Labute approximate surface area is 125 Å². The summed E-state index contributed by atoms with van der Waals surface area (Å²) in [5.74, 6) is -0.113. The lowest BCUT2D eigenvalue weighted by molar-refractivity contribution is -0.129. The number of carbonyl (C=O) groups excluding carboxylic acids is 2. The molecular formula is C16H23N3O2. The van der Waals surface area contributed by atoms with Gasteiger partial charge in [-0.25, -0.2) is 9.69 Å². The van der Waals surface area contributed by atoms with Crippen LogP contribution in [0.5, 0.6) is 0 Å². The van der Waals surface area contributed by atoms with Gasteiger partial charge >= 0.3 is 6.03 Å². The smallest absolute Gasteiger partial charge is 0.325 e. The Morgan fingerprint density at radius 1 is 1.24 bits per heavy atom. The number of benzene rings is 1. The molecule has 5 nitrogen and oxygen atoms in total. The van der Waals surface area contributed by atoms with E-state index >= 15 is 0 Å². The molecule has 21 heavy (non-hydrogen) atoms. The van der Waals surface area contributed by atoms with Gasteiger partial charge in [-0.05, 0) is 26.0 Å². The Morgan fingerprint density at radius 3 is 2.52 bits per heavy atom. The van der Waals surface area contributed by atoms with Gasteiger partial charge in [-0.1, -0.05) is 43.2 Å². The van der Waals surface area contributed by atoms with Gasteiger partial charge in [-0.2, -0.15) is 0 Å². The fourth-order valence-electron chi connectivity index (χ4n) is 2.49. The van der Waals surface area contributed by atoms with E-state index in [-0.39, 0.29) is 18.0 Å². The van der Waals surface area contributed by atoms with E-state index < -0.39 is 0 Å². The first-order chi connectivity index (χ1) is 10.0. The first-order valence-corrected chi connectivity index (χ1v) is 7.37. The van der Waals surface area contributed by atoms with Crippen molar-refractivity contribution in [3.63, 3.8) is 0 Å².